The second kappa shape index (κ2) is 11.4. The zero-order chi connectivity index (χ0) is 27.3. The van der Waals surface area contributed by atoms with Gasteiger partial charge in [-0.05, 0) is 54.0 Å². The average molecular weight is 536 g/mol. The summed E-state index contributed by atoms with van der Waals surface area (Å²) in [6.07, 6.45) is 3.20. The molecule has 0 aliphatic carbocycles. The minimum absolute atomic E-state index is 0.00394. The fourth-order valence-corrected chi connectivity index (χ4v) is 6.06. The third-order valence-electron chi connectivity index (χ3n) is 6.15. The van der Waals surface area contributed by atoms with Gasteiger partial charge in [-0.15, -0.1) is 0 Å². The number of nitrogens with zero attached hydrogens (tertiary/aromatic N) is 3. The van der Waals surface area contributed by atoms with Crippen molar-refractivity contribution in [3.05, 3.63) is 83.7 Å². The van der Waals surface area contributed by atoms with Gasteiger partial charge in [-0.2, -0.15) is 5.26 Å². The number of hydrogen-bond acceptors (Lipinski definition) is 6. The Kier molecular flexibility index (Phi) is 7.98. The second-order valence-electron chi connectivity index (χ2n) is 8.39. The number of halogens is 1. The van der Waals surface area contributed by atoms with Gasteiger partial charge in [0.15, 0.2) is 11.5 Å². The molecule has 0 saturated carbocycles. The van der Waals surface area contributed by atoms with Gasteiger partial charge in [0, 0.05) is 19.2 Å². The summed E-state index contributed by atoms with van der Waals surface area (Å²) in [5, 5.41) is 9.00. The van der Waals surface area contributed by atoms with E-state index in [1.165, 1.54) is 54.9 Å². The van der Waals surface area contributed by atoms with E-state index < -0.39 is 21.7 Å². The monoisotopic (exact) mass is 535 g/mol. The highest BCUT2D eigenvalue weighted by molar-refractivity contribution is 7.93. The molecule has 1 aliphatic heterocycles. The molecule has 8 nitrogen and oxygen atoms in total. The number of fused-ring (bicyclic) bond motifs is 1. The second-order valence-corrected chi connectivity index (χ2v) is 10.2. The quantitative estimate of drug-likeness (QED) is 0.373. The maximum atomic E-state index is 14.4. The molecule has 0 aromatic heterocycles. The van der Waals surface area contributed by atoms with Gasteiger partial charge in [-0.25, -0.2) is 12.8 Å². The molecule has 196 valence electrons. The van der Waals surface area contributed by atoms with E-state index in [4.69, 9.17) is 14.7 Å². The molecular formula is C28H26FN3O5S. The van der Waals surface area contributed by atoms with Crippen LogP contribution in [-0.2, 0) is 21.2 Å². The van der Waals surface area contributed by atoms with Gasteiger partial charge >= 0.3 is 0 Å². The molecule has 0 atom stereocenters. The van der Waals surface area contributed by atoms with Crippen LogP contribution in [0.15, 0.2) is 71.6 Å². The highest BCUT2D eigenvalue weighted by atomic mass is 32.2. The van der Waals surface area contributed by atoms with Gasteiger partial charge in [0.1, 0.15) is 10.7 Å². The molecule has 0 spiro atoms. The van der Waals surface area contributed by atoms with E-state index in [9.17, 15) is 17.6 Å². The van der Waals surface area contributed by atoms with Crippen LogP contribution >= 0.6 is 0 Å². The molecule has 0 saturated heterocycles. The molecule has 0 radical (unpaired) electrons. The van der Waals surface area contributed by atoms with Crippen molar-refractivity contribution < 1.29 is 27.1 Å². The van der Waals surface area contributed by atoms with E-state index in [1.807, 2.05) is 18.2 Å². The number of carbonyl (C=O) groups excluding carboxylic acids is 1. The van der Waals surface area contributed by atoms with Crippen molar-refractivity contribution in [1.29, 1.82) is 5.26 Å². The molecule has 3 aromatic rings. The number of nitriles is 1. The van der Waals surface area contributed by atoms with Gasteiger partial charge in [-0.1, -0.05) is 30.3 Å². The molecule has 1 heterocycles. The lowest BCUT2D eigenvalue weighted by atomic mass is 10.1. The zero-order valence-corrected chi connectivity index (χ0v) is 21.7. The minimum atomic E-state index is -4.05. The number of ether oxygens (including phenoxy) is 2. The van der Waals surface area contributed by atoms with Crippen LogP contribution in [0.5, 0.6) is 11.5 Å². The molecule has 0 unspecified atom stereocenters. The maximum absolute atomic E-state index is 14.4. The minimum Gasteiger partial charge on any atom is -0.493 e. The Bertz CT molecular complexity index is 1530. The number of benzene rings is 3. The number of para-hydroxylation sites is 2. The van der Waals surface area contributed by atoms with Crippen LogP contribution in [-0.4, -0.2) is 41.6 Å². The number of sulfonamides is 1. The van der Waals surface area contributed by atoms with Crippen LogP contribution in [0.4, 0.5) is 15.8 Å². The topological polar surface area (TPSA) is 99.9 Å². The third-order valence-corrected chi connectivity index (χ3v) is 7.97. The predicted molar refractivity (Wildman–Crippen MR) is 142 cm³/mol. The Morgan fingerprint density at radius 2 is 1.87 bits per heavy atom. The van der Waals surface area contributed by atoms with E-state index in [0.717, 1.165) is 10.5 Å². The molecule has 38 heavy (non-hydrogen) atoms. The van der Waals surface area contributed by atoms with Gasteiger partial charge in [0.25, 0.3) is 15.9 Å². The number of rotatable bonds is 9. The number of methoxy groups -OCH3 is 2. The Morgan fingerprint density at radius 3 is 2.58 bits per heavy atom. The summed E-state index contributed by atoms with van der Waals surface area (Å²) in [4.78, 5) is 14.1. The van der Waals surface area contributed by atoms with Crippen LogP contribution in [0.2, 0.25) is 0 Å². The van der Waals surface area contributed by atoms with Crippen LogP contribution in [0.3, 0.4) is 0 Å². The first-order valence-corrected chi connectivity index (χ1v) is 13.2. The van der Waals surface area contributed by atoms with E-state index in [2.05, 4.69) is 0 Å². The summed E-state index contributed by atoms with van der Waals surface area (Å²) >= 11 is 0. The van der Waals surface area contributed by atoms with E-state index in [0.29, 0.717) is 17.7 Å². The fourth-order valence-electron chi connectivity index (χ4n) is 4.35. The SMILES string of the molecule is COc1cc(/C=C/C(=O)N(CCC#N)c2ccccc2F)cc(S(=O)(=O)N2CCc3ccccc32)c1OC. The number of carbonyl (C=O) groups is 1. The summed E-state index contributed by atoms with van der Waals surface area (Å²) < 4.78 is 54.2. The van der Waals surface area contributed by atoms with Crippen molar-refractivity contribution in [2.75, 3.05) is 36.5 Å². The molecule has 10 heteroatoms. The molecule has 1 aliphatic rings. The van der Waals surface area contributed by atoms with Crippen molar-refractivity contribution in [2.45, 2.75) is 17.7 Å². The molecule has 0 N–H and O–H groups in total. The number of anilines is 2. The van der Waals surface area contributed by atoms with Crippen molar-refractivity contribution >= 4 is 33.4 Å². The van der Waals surface area contributed by atoms with Crippen LogP contribution < -0.4 is 18.7 Å². The third kappa shape index (κ3) is 5.19. The van der Waals surface area contributed by atoms with Crippen molar-refractivity contribution in [2.24, 2.45) is 0 Å². The summed E-state index contributed by atoms with van der Waals surface area (Å²) in [6, 6.07) is 18.0. The maximum Gasteiger partial charge on any atom is 0.268 e. The Hall–Kier alpha value is -4.36. The van der Waals surface area contributed by atoms with E-state index in [-0.39, 0.29) is 41.6 Å². The number of hydrogen-bond donors (Lipinski definition) is 0. The summed E-state index contributed by atoms with van der Waals surface area (Å²) in [6.45, 7) is 0.267. The predicted octanol–water partition coefficient (Wildman–Crippen LogP) is 4.55. The molecule has 1 amide bonds. The largest absolute Gasteiger partial charge is 0.493 e. The molecule has 4 rings (SSSR count). The lowest BCUT2D eigenvalue weighted by Crippen LogP contribution is -2.31. The van der Waals surface area contributed by atoms with Crippen LogP contribution in [0, 0.1) is 17.1 Å². The zero-order valence-electron chi connectivity index (χ0n) is 20.9. The smallest absolute Gasteiger partial charge is 0.268 e. The summed E-state index contributed by atoms with van der Waals surface area (Å²) in [5.74, 6) is -0.957. The first-order chi connectivity index (χ1) is 18.3. The van der Waals surface area contributed by atoms with E-state index >= 15 is 0 Å². The van der Waals surface area contributed by atoms with Crippen molar-refractivity contribution in [3.8, 4) is 17.6 Å². The lowest BCUT2D eigenvalue weighted by Gasteiger charge is -2.22. The summed E-state index contributed by atoms with van der Waals surface area (Å²) in [7, 11) is -1.31. The average Bonchev–Trinajstić information content (AvgIpc) is 3.37. The highest BCUT2D eigenvalue weighted by Gasteiger charge is 2.34. The highest BCUT2D eigenvalue weighted by Crippen LogP contribution is 2.40. The van der Waals surface area contributed by atoms with Crippen molar-refractivity contribution in [1.82, 2.24) is 0 Å². The molecule has 0 bridgehead atoms. The Labute approximate surface area is 221 Å². The Balaban J connectivity index is 1.73. The normalized spacial score (nSPS) is 12.7. The summed E-state index contributed by atoms with van der Waals surface area (Å²) in [5.41, 5.74) is 1.92. The van der Waals surface area contributed by atoms with E-state index in [1.54, 1.807) is 24.3 Å². The van der Waals surface area contributed by atoms with Gasteiger partial charge in [0.2, 0.25) is 0 Å². The molecular weight excluding hydrogens is 509 g/mol. The lowest BCUT2D eigenvalue weighted by molar-refractivity contribution is -0.114. The van der Waals surface area contributed by atoms with Gasteiger partial charge in [0.05, 0.1) is 38.1 Å². The van der Waals surface area contributed by atoms with Gasteiger partial charge in [-0.3, -0.25) is 9.10 Å². The van der Waals surface area contributed by atoms with Crippen molar-refractivity contribution in [3.63, 3.8) is 0 Å². The standard InChI is InChI=1S/C28H26FN3O5S/c1-36-25-18-20(12-13-27(33)31(16-7-15-30)24-11-6-4-9-22(24)29)19-26(28(25)37-2)38(34,35)32-17-14-21-8-3-5-10-23(21)32/h3-6,8-13,18-19H,7,14,16-17H2,1-2H3/b13-12+. The Morgan fingerprint density at radius 1 is 1.13 bits per heavy atom. The number of amides is 1. The molecule has 3 aromatic carbocycles. The van der Waals surface area contributed by atoms with Crippen LogP contribution in [0.1, 0.15) is 17.5 Å². The first-order valence-electron chi connectivity index (χ1n) is 11.8. The fraction of sp³-hybridized carbons (Fsp3) is 0.214. The molecule has 0 fully saturated rings. The first kappa shape index (κ1) is 26.7. The van der Waals surface area contributed by atoms with Gasteiger partial charge < -0.3 is 14.4 Å². The van der Waals surface area contributed by atoms with Crippen LogP contribution in [0.25, 0.3) is 6.08 Å².